The fraction of sp³-hybridized carbons (Fsp3) is 0.429. The quantitative estimate of drug-likeness (QED) is 0.873. The van der Waals surface area contributed by atoms with Crippen molar-refractivity contribution in [3.8, 4) is 6.07 Å². The number of carbonyl (C=O) groups excluding carboxylic acids is 1. The van der Waals surface area contributed by atoms with Crippen molar-refractivity contribution >= 4 is 46.7 Å². The van der Waals surface area contributed by atoms with E-state index in [-0.39, 0.29) is 10.8 Å². The number of urea groups is 1. The van der Waals surface area contributed by atoms with Crippen molar-refractivity contribution in [1.29, 1.82) is 5.26 Å². The van der Waals surface area contributed by atoms with Crippen LogP contribution in [0.4, 0.5) is 10.5 Å². The molecule has 21 heavy (non-hydrogen) atoms. The van der Waals surface area contributed by atoms with Gasteiger partial charge in [0.25, 0.3) is 0 Å². The summed E-state index contributed by atoms with van der Waals surface area (Å²) in [5, 5.41) is 13.0. The van der Waals surface area contributed by atoms with Gasteiger partial charge in [0.2, 0.25) is 0 Å². The molecule has 1 heterocycles. The van der Waals surface area contributed by atoms with Gasteiger partial charge in [0.15, 0.2) is 0 Å². The lowest BCUT2D eigenvalue weighted by atomic mass is 9.97. The van der Waals surface area contributed by atoms with E-state index < -0.39 is 0 Å². The van der Waals surface area contributed by atoms with Gasteiger partial charge in [-0.2, -0.15) is 5.26 Å². The minimum atomic E-state index is -0.365. The zero-order chi connectivity index (χ0) is 15.5. The molecule has 1 N–H and O–H groups in total. The third-order valence-electron chi connectivity index (χ3n) is 3.57. The number of anilines is 1. The number of carbonyl (C=O) groups is 1. The third kappa shape index (κ3) is 3.97. The van der Waals surface area contributed by atoms with Crippen LogP contribution in [0.25, 0.3) is 0 Å². The Kier molecular flexibility index (Phi) is 5.26. The van der Waals surface area contributed by atoms with Crippen LogP contribution >= 0.6 is 35.0 Å². The average molecular weight is 344 g/mol. The summed E-state index contributed by atoms with van der Waals surface area (Å²) < 4.78 is -0.365. The molecule has 1 fully saturated rings. The van der Waals surface area contributed by atoms with Crippen molar-refractivity contribution in [2.45, 2.75) is 17.6 Å². The Labute approximate surface area is 138 Å². The van der Waals surface area contributed by atoms with Crippen molar-refractivity contribution in [2.24, 2.45) is 0 Å². The van der Waals surface area contributed by atoms with E-state index in [1.807, 2.05) is 6.26 Å². The van der Waals surface area contributed by atoms with Crippen LogP contribution in [0.3, 0.4) is 0 Å². The largest absolute Gasteiger partial charge is 0.324 e. The lowest BCUT2D eigenvalue weighted by molar-refractivity contribution is 0.196. The second kappa shape index (κ2) is 6.78. The van der Waals surface area contributed by atoms with Crippen LogP contribution in [0.2, 0.25) is 10.0 Å². The second-order valence-corrected chi connectivity index (χ2v) is 6.95. The van der Waals surface area contributed by atoms with E-state index in [0.29, 0.717) is 41.7 Å². The summed E-state index contributed by atoms with van der Waals surface area (Å²) in [6, 6.07) is 7.08. The van der Waals surface area contributed by atoms with Crippen LogP contribution in [0.5, 0.6) is 0 Å². The minimum Gasteiger partial charge on any atom is -0.324 e. The molecule has 112 valence electrons. The molecule has 1 aliphatic rings. The van der Waals surface area contributed by atoms with Crippen LogP contribution < -0.4 is 5.32 Å². The minimum absolute atomic E-state index is 0.194. The SMILES string of the molecule is CSC1(C#N)CCN(C(=O)Nc2cc(Cl)cc(Cl)c2)CC1. The lowest BCUT2D eigenvalue weighted by Gasteiger charge is -2.36. The molecule has 0 unspecified atom stereocenters. The molecule has 0 aromatic heterocycles. The average Bonchev–Trinajstić information content (AvgIpc) is 2.46. The number of nitrogens with one attached hydrogen (secondary N) is 1. The smallest absolute Gasteiger partial charge is 0.321 e. The Morgan fingerprint density at radius 1 is 1.33 bits per heavy atom. The first-order valence-electron chi connectivity index (χ1n) is 6.46. The van der Waals surface area contributed by atoms with Crippen LogP contribution in [0.1, 0.15) is 12.8 Å². The molecule has 0 aliphatic carbocycles. The van der Waals surface area contributed by atoms with E-state index in [0.717, 1.165) is 0 Å². The van der Waals surface area contributed by atoms with Gasteiger partial charge in [-0.05, 0) is 37.3 Å². The highest BCUT2D eigenvalue weighted by molar-refractivity contribution is 8.00. The summed E-state index contributed by atoms with van der Waals surface area (Å²) in [5.74, 6) is 0. The van der Waals surface area contributed by atoms with Gasteiger partial charge in [0, 0.05) is 28.8 Å². The van der Waals surface area contributed by atoms with Gasteiger partial charge in [0.1, 0.15) is 4.75 Å². The van der Waals surface area contributed by atoms with Gasteiger partial charge in [-0.15, -0.1) is 11.8 Å². The van der Waals surface area contributed by atoms with Gasteiger partial charge in [-0.1, -0.05) is 23.2 Å². The molecular formula is C14H15Cl2N3OS. The highest BCUT2D eigenvalue weighted by Crippen LogP contribution is 2.34. The zero-order valence-corrected chi connectivity index (χ0v) is 13.9. The number of amides is 2. The Morgan fingerprint density at radius 2 is 1.90 bits per heavy atom. The van der Waals surface area contributed by atoms with E-state index in [2.05, 4.69) is 11.4 Å². The van der Waals surface area contributed by atoms with Crippen LogP contribution in [-0.4, -0.2) is 35.0 Å². The van der Waals surface area contributed by atoms with Crippen molar-refractivity contribution < 1.29 is 4.79 Å². The summed E-state index contributed by atoms with van der Waals surface area (Å²) in [5.41, 5.74) is 0.569. The van der Waals surface area contributed by atoms with E-state index in [4.69, 9.17) is 23.2 Å². The molecule has 0 spiro atoms. The monoisotopic (exact) mass is 343 g/mol. The van der Waals surface area contributed by atoms with Crippen LogP contribution in [0.15, 0.2) is 18.2 Å². The van der Waals surface area contributed by atoms with Crippen molar-refractivity contribution in [3.05, 3.63) is 28.2 Å². The summed E-state index contributed by atoms with van der Waals surface area (Å²) >= 11 is 13.4. The molecular weight excluding hydrogens is 329 g/mol. The molecule has 0 saturated carbocycles. The Balaban J connectivity index is 1.98. The first-order chi connectivity index (χ1) is 9.98. The molecule has 1 aromatic carbocycles. The molecule has 2 rings (SSSR count). The topological polar surface area (TPSA) is 56.1 Å². The van der Waals surface area contributed by atoms with Gasteiger partial charge < -0.3 is 10.2 Å². The Morgan fingerprint density at radius 3 is 2.38 bits per heavy atom. The number of likely N-dealkylation sites (tertiary alicyclic amines) is 1. The number of nitriles is 1. The van der Waals surface area contributed by atoms with E-state index in [1.165, 1.54) is 0 Å². The first kappa shape index (κ1) is 16.3. The Bertz CT molecular complexity index is 560. The third-order valence-corrected chi connectivity index (χ3v) is 5.28. The summed E-state index contributed by atoms with van der Waals surface area (Å²) in [4.78, 5) is 13.9. The number of hydrogen-bond donors (Lipinski definition) is 1. The number of thioether (sulfide) groups is 1. The van der Waals surface area contributed by atoms with Crippen molar-refractivity contribution in [2.75, 3.05) is 24.7 Å². The summed E-state index contributed by atoms with van der Waals surface area (Å²) in [6.07, 6.45) is 3.29. The second-order valence-electron chi connectivity index (χ2n) is 4.89. The summed E-state index contributed by atoms with van der Waals surface area (Å²) in [6.45, 7) is 1.13. The number of piperidine rings is 1. The molecule has 1 aliphatic heterocycles. The van der Waals surface area contributed by atoms with Gasteiger partial charge in [-0.25, -0.2) is 4.79 Å². The maximum atomic E-state index is 12.2. The van der Waals surface area contributed by atoms with Crippen molar-refractivity contribution in [1.82, 2.24) is 4.90 Å². The molecule has 1 saturated heterocycles. The van der Waals surface area contributed by atoms with Crippen LogP contribution in [-0.2, 0) is 0 Å². The number of hydrogen-bond acceptors (Lipinski definition) is 3. The number of nitrogens with zero attached hydrogens (tertiary/aromatic N) is 2. The fourth-order valence-corrected chi connectivity index (χ4v) is 3.47. The standard InChI is InChI=1S/C14H15Cl2N3OS/c1-21-14(9-17)2-4-19(5-3-14)13(20)18-12-7-10(15)6-11(16)8-12/h6-8H,2-5H2,1H3,(H,18,20). The summed E-state index contributed by atoms with van der Waals surface area (Å²) in [7, 11) is 0. The molecule has 4 nitrogen and oxygen atoms in total. The molecule has 0 atom stereocenters. The predicted molar refractivity (Wildman–Crippen MR) is 88.1 cm³/mol. The van der Waals surface area contributed by atoms with Gasteiger partial charge in [-0.3, -0.25) is 0 Å². The van der Waals surface area contributed by atoms with E-state index in [1.54, 1.807) is 34.9 Å². The van der Waals surface area contributed by atoms with Crippen molar-refractivity contribution in [3.63, 3.8) is 0 Å². The zero-order valence-electron chi connectivity index (χ0n) is 11.5. The molecule has 1 aromatic rings. The normalized spacial score (nSPS) is 17.1. The molecule has 2 amide bonds. The molecule has 7 heteroatoms. The van der Waals surface area contributed by atoms with Crippen LogP contribution in [0, 0.1) is 11.3 Å². The number of benzene rings is 1. The first-order valence-corrected chi connectivity index (χ1v) is 8.44. The predicted octanol–water partition coefficient (Wildman–Crippen LogP) is 4.25. The van der Waals surface area contributed by atoms with Gasteiger partial charge >= 0.3 is 6.03 Å². The maximum absolute atomic E-state index is 12.2. The Hall–Kier alpha value is -1.09. The lowest BCUT2D eigenvalue weighted by Crippen LogP contribution is -2.46. The molecule has 0 radical (unpaired) electrons. The highest BCUT2D eigenvalue weighted by atomic mass is 35.5. The number of rotatable bonds is 2. The fourth-order valence-electron chi connectivity index (χ4n) is 2.26. The molecule has 0 bridgehead atoms. The van der Waals surface area contributed by atoms with E-state index in [9.17, 15) is 10.1 Å². The van der Waals surface area contributed by atoms with Gasteiger partial charge in [0.05, 0.1) is 6.07 Å². The highest BCUT2D eigenvalue weighted by Gasteiger charge is 2.35. The maximum Gasteiger partial charge on any atom is 0.321 e. The number of halogens is 2. The van der Waals surface area contributed by atoms with E-state index >= 15 is 0 Å².